The minimum Gasteiger partial charge on any atom is -0.375 e. The van der Waals surface area contributed by atoms with Crippen LogP contribution in [-0.4, -0.2) is 13.6 Å². The molecule has 60 valence electrons. The zero-order valence-electron chi connectivity index (χ0n) is 6.84. The molecule has 1 aromatic rings. The van der Waals surface area contributed by atoms with Crippen molar-refractivity contribution in [2.75, 3.05) is 18.5 Å². The third-order valence-corrected chi connectivity index (χ3v) is 1.74. The molecule has 0 amide bonds. The topological polar surface area (TPSA) is 3.24 Å². The maximum Gasteiger partial charge on any atom is 0.123 e. The van der Waals surface area contributed by atoms with Gasteiger partial charge in [0.15, 0.2) is 0 Å². The lowest BCUT2D eigenvalue weighted by molar-refractivity contribution is 0.627. The number of benzene rings is 1. The maximum absolute atomic E-state index is 12.4. The van der Waals surface area contributed by atoms with Crippen molar-refractivity contribution < 1.29 is 4.39 Å². The van der Waals surface area contributed by atoms with Crippen molar-refractivity contribution in [3.05, 3.63) is 30.1 Å². The average molecular weight is 153 g/mol. The Balaban J connectivity index is 2.81. The van der Waals surface area contributed by atoms with Crippen LogP contribution in [0.15, 0.2) is 24.3 Å². The minimum absolute atomic E-state index is 0.182. The third-order valence-electron chi connectivity index (χ3n) is 1.74. The molecule has 0 aromatic heterocycles. The molecule has 1 aromatic carbocycles. The fourth-order valence-electron chi connectivity index (χ4n) is 0.878. The summed E-state index contributed by atoms with van der Waals surface area (Å²) < 4.78 is 12.4. The lowest BCUT2D eigenvalue weighted by atomic mass is 10.3. The molecule has 0 bridgehead atoms. The molecule has 0 N–H and O–H groups in total. The molecule has 0 saturated carbocycles. The van der Waals surface area contributed by atoms with E-state index >= 15 is 0 Å². The standard InChI is InChI=1S/C9H12FN/c1-3-11(2)9-6-4-8(10)5-7-9/h4-7H,3H2,1-2H3. The summed E-state index contributed by atoms with van der Waals surface area (Å²) in [5, 5.41) is 0. The first-order valence-electron chi connectivity index (χ1n) is 3.70. The van der Waals surface area contributed by atoms with E-state index in [9.17, 15) is 4.39 Å². The number of hydrogen-bond acceptors (Lipinski definition) is 1. The van der Waals surface area contributed by atoms with E-state index in [0.717, 1.165) is 12.2 Å². The molecule has 0 saturated heterocycles. The first-order chi connectivity index (χ1) is 5.24. The molecule has 0 aliphatic heterocycles. The summed E-state index contributed by atoms with van der Waals surface area (Å²) in [5.41, 5.74) is 1.05. The number of anilines is 1. The van der Waals surface area contributed by atoms with E-state index in [1.807, 2.05) is 7.05 Å². The van der Waals surface area contributed by atoms with Gasteiger partial charge in [-0.2, -0.15) is 0 Å². The van der Waals surface area contributed by atoms with Crippen molar-refractivity contribution in [2.45, 2.75) is 6.92 Å². The van der Waals surface area contributed by atoms with Gasteiger partial charge in [0.25, 0.3) is 0 Å². The molecule has 0 atom stereocenters. The van der Waals surface area contributed by atoms with Crippen molar-refractivity contribution >= 4 is 5.69 Å². The Morgan fingerprint density at radius 2 is 1.82 bits per heavy atom. The molecule has 1 rings (SSSR count). The summed E-state index contributed by atoms with van der Waals surface area (Å²) in [7, 11) is 1.98. The summed E-state index contributed by atoms with van der Waals surface area (Å²) in [5.74, 6) is -0.182. The van der Waals surface area contributed by atoms with Gasteiger partial charge < -0.3 is 4.90 Å². The molecular formula is C9H12FN. The summed E-state index contributed by atoms with van der Waals surface area (Å²) in [6.07, 6.45) is 0. The second-order valence-corrected chi connectivity index (χ2v) is 2.49. The lowest BCUT2D eigenvalue weighted by Crippen LogP contribution is -2.15. The summed E-state index contributed by atoms with van der Waals surface area (Å²) >= 11 is 0. The highest BCUT2D eigenvalue weighted by atomic mass is 19.1. The van der Waals surface area contributed by atoms with Gasteiger partial charge in [-0.3, -0.25) is 0 Å². The molecule has 11 heavy (non-hydrogen) atoms. The minimum atomic E-state index is -0.182. The molecule has 1 nitrogen and oxygen atoms in total. The van der Waals surface area contributed by atoms with Crippen molar-refractivity contribution in [1.82, 2.24) is 0 Å². The summed E-state index contributed by atoms with van der Waals surface area (Å²) in [6.45, 7) is 3.00. The molecule has 2 heteroatoms. The van der Waals surface area contributed by atoms with E-state index in [2.05, 4.69) is 11.8 Å². The van der Waals surface area contributed by atoms with Crippen LogP contribution in [0.4, 0.5) is 10.1 Å². The lowest BCUT2D eigenvalue weighted by Gasteiger charge is -2.15. The van der Waals surface area contributed by atoms with Crippen LogP contribution < -0.4 is 4.90 Å². The number of halogens is 1. The molecule has 0 spiro atoms. The fourth-order valence-corrected chi connectivity index (χ4v) is 0.878. The van der Waals surface area contributed by atoms with Gasteiger partial charge in [-0.25, -0.2) is 4.39 Å². The molecule has 0 unspecified atom stereocenters. The van der Waals surface area contributed by atoms with Gasteiger partial charge >= 0.3 is 0 Å². The first-order valence-corrected chi connectivity index (χ1v) is 3.70. The number of nitrogens with zero attached hydrogens (tertiary/aromatic N) is 1. The van der Waals surface area contributed by atoms with Crippen molar-refractivity contribution in [1.29, 1.82) is 0 Å². The largest absolute Gasteiger partial charge is 0.375 e. The second kappa shape index (κ2) is 3.37. The van der Waals surface area contributed by atoms with Gasteiger partial charge in [0.1, 0.15) is 5.82 Å². The second-order valence-electron chi connectivity index (χ2n) is 2.49. The van der Waals surface area contributed by atoms with Crippen molar-refractivity contribution in [3.63, 3.8) is 0 Å². The SMILES string of the molecule is CCN(C)c1ccc(F)cc1. The van der Waals surface area contributed by atoms with Gasteiger partial charge in [-0.1, -0.05) is 0 Å². The van der Waals surface area contributed by atoms with Crippen molar-refractivity contribution in [3.8, 4) is 0 Å². The van der Waals surface area contributed by atoms with Crippen LogP contribution in [0.1, 0.15) is 6.92 Å². The van der Waals surface area contributed by atoms with E-state index in [1.165, 1.54) is 12.1 Å². The van der Waals surface area contributed by atoms with Crippen LogP contribution in [0.2, 0.25) is 0 Å². The smallest absolute Gasteiger partial charge is 0.123 e. The van der Waals surface area contributed by atoms with Crippen LogP contribution in [0.3, 0.4) is 0 Å². The molecule has 0 aliphatic carbocycles. The van der Waals surface area contributed by atoms with Gasteiger partial charge in [-0.05, 0) is 31.2 Å². The Morgan fingerprint density at radius 3 is 2.27 bits per heavy atom. The van der Waals surface area contributed by atoms with E-state index in [-0.39, 0.29) is 5.82 Å². The monoisotopic (exact) mass is 153 g/mol. The van der Waals surface area contributed by atoms with Gasteiger partial charge in [0, 0.05) is 19.3 Å². The van der Waals surface area contributed by atoms with Gasteiger partial charge in [-0.15, -0.1) is 0 Å². The van der Waals surface area contributed by atoms with E-state index in [1.54, 1.807) is 12.1 Å². The summed E-state index contributed by atoms with van der Waals surface area (Å²) in [6, 6.07) is 6.50. The first kappa shape index (κ1) is 8.05. The summed E-state index contributed by atoms with van der Waals surface area (Å²) in [4.78, 5) is 2.06. The zero-order chi connectivity index (χ0) is 8.27. The van der Waals surface area contributed by atoms with Crippen molar-refractivity contribution in [2.24, 2.45) is 0 Å². The quantitative estimate of drug-likeness (QED) is 0.630. The highest BCUT2D eigenvalue weighted by Gasteiger charge is 1.96. The van der Waals surface area contributed by atoms with Crippen LogP contribution in [-0.2, 0) is 0 Å². The van der Waals surface area contributed by atoms with Gasteiger partial charge in [0.05, 0.1) is 0 Å². The van der Waals surface area contributed by atoms with Crippen LogP contribution in [0.5, 0.6) is 0 Å². The van der Waals surface area contributed by atoms with Crippen LogP contribution in [0, 0.1) is 5.82 Å². The zero-order valence-corrected chi connectivity index (χ0v) is 6.84. The fraction of sp³-hybridized carbons (Fsp3) is 0.333. The highest BCUT2D eigenvalue weighted by molar-refractivity contribution is 5.44. The Labute approximate surface area is 66.5 Å². The Morgan fingerprint density at radius 1 is 1.27 bits per heavy atom. The molecule has 0 fully saturated rings. The van der Waals surface area contributed by atoms with Gasteiger partial charge in [0.2, 0.25) is 0 Å². The maximum atomic E-state index is 12.4. The number of rotatable bonds is 2. The number of hydrogen-bond donors (Lipinski definition) is 0. The van der Waals surface area contributed by atoms with Crippen LogP contribution in [0.25, 0.3) is 0 Å². The van der Waals surface area contributed by atoms with Crippen LogP contribution >= 0.6 is 0 Å². The van der Waals surface area contributed by atoms with E-state index in [4.69, 9.17) is 0 Å². The Bertz CT molecular complexity index is 218. The average Bonchev–Trinajstić information content (AvgIpc) is 2.05. The van der Waals surface area contributed by atoms with E-state index < -0.39 is 0 Å². The molecule has 0 radical (unpaired) electrons. The van der Waals surface area contributed by atoms with E-state index in [0.29, 0.717) is 0 Å². The highest BCUT2D eigenvalue weighted by Crippen LogP contribution is 2.11. The molecule has 0 aliphatic rings. The normalized spacial score (nSPS) is 9.73. The Kier molecular flexibility index (Phi) is 2.47. The predicted molar refractivity (Wildman–Crippen MR) is 45.3 cm³/mol. The predicted octanol–water partition coefficient (Wildman–Crippen LogP) is 2.28. The third kappa shape index (κ3) is 1.93. The Hall–Kier alpha value is -1.05. The molecular weight excluding hydrogens is 141 g/mol. The molecule has 0 heterocycles.